The number of ether oxygens (including phenoxy) is 1. The first-order chi connectivity index (χ1) is 13.8. The van der Waals surface area contributed by atoms with E-state index >= 15 is 0 Å². The molecule has 1 aromatic heterocycles. The van der Waals surface area contributed by atoms with Crippen molar-refractivity contribution in [1.29, 1.82) is 0 Å². The number of hydrogen-bond acceptors (Lipinski definition) is 4. The average molecular weight is 383 g/mol. The Morgan fingerprint density at radius 1 is 1.25 bits per heavy atom. The Morgan fingerprint density at radius 3 is 3.11 bits per heavy atom. The van der Waals surface area contributed by atoms with E-state index in [0.29, 0.717) is 0 Å². The Balaban J connectivity index is 1.27. The van der Waals surface area contributed by atoms with Crippen LogP contribution >= 0.6 is 0 Å². The summed E-state index contributed by atoms with van der Waals surface area (Å²) in [7, 11) is 1.82. The lowest BCUT2D eigenvalue weighted by Crippen LogP contribution is -2.41. The van der Waals surface area contributed by atoms with Crippen molar-refractivity contribution in [3.05, 3.63) is 41.5 Å². The lowest BCUT2D eigenvalue weighted by Gasteiger charge is -2.28. The van der Waals surface area contributed by atoms with Crippen molar-refractivity contribution in [3.63, 3.8) is 0 Å². The molecule has 0 fully saturated rings. The van der Waals surface area contributed by atoms with Crippen molar-refractivity contribution in [2.75, 3.05) is 20.2 Å². The van der Waals surface area contributed by atoms with Gasteiger partial charge in [-0.2, -0.15) is 0 Å². The Hall–Kier alpha value is -2.57. The minimum Gasteiger partial charge on any atom is -0.493 e. The van der Waals surface area contributed by atoms with E-state index in [1.165, 1.54) is 24.8 Å². The molecule has 150 valence electrons. The lowest BCUT2D eigenvalue weighted by atomic mass is 10.0. The number of nitrogens with zero attached hydrogens (tertiary/aromatic N) is 4. The molecule has 2 aliphatic heterocycles. The summed E-state index contributed by atoms with van der Waals surface area (Å²) < 4.78 is 8.08. The lowest BCUT2D eigenvalue weighted by molar-refractivity contribution is 0.261. The van der Waals surface area contributed by atoms with Crippen LogP contribution in [0.1, 0.15) is 55.4 Å². The minimum absolute atomic E-state index is 0.225. The molecule has 7 heteroatoms. The number of aromatic nitrogens is 3. The number of aliphatic imine (C=N–C) groups is 1. The van der Waals surface area contributed by atoms with Crippen LogP contribution in [0.2, 0.25) is 0 Å². The van der Waals surface area contributed by atoms with Gasteiger partial charge in [0.25, 0.3) is 0 Å². The number of rotatable bonds is 5. The summed E-state index contributed by atoms with van der Waals surface area (Å²) >= 11 is 0. The number of hydrogen-bond donors (Lipinski definition) is 2. The fraction of sp³-hybridized carbons (Fsp3) is 0.571. The van der Waals surface area contributed by atoms with Gasteiger partial charge in [0.05, 0.1) is 12.6 Å². The second-order valence-electron chi connectivity index (χ2n) is 7.47. The van der Waals surface area contributed by atoms with Gasteiger partial charge in [-0.15, -0.1) is 10.2 Å². The third kappa shape index (κ3) is 4.29. The fourth-order valence-corrected chi connectivity index (χ4v) is 4.04. The fourth-order valence-electron chi connectivity index (χ4n) is 4.04. The summed E-state index contributed by atoms with van der Waals surface area (Å²) in [5.74, 6) is 4.09. The summed E-state index contributed by atoms with van der Waals surface area (Å²) in [6.07, 6.45) is 7.70. The maximum Gasteiger partial charge on any atom is 0.191 e. The predicted octanol–water partition coefficient (Wildman–Crippen LogP) is 2.63. The molecule has 0 saturated heterocycles. The van der Waals surface area contributed by atoms with Crippen molar-refractivity contribution in [2.45, 2.75) is 57.5 Å². The third-order valence-electron chi connectivity index (χ3n) is 5.55. The molecule has 4 rings (SSSR count). The van der Waals surface area contributed by atoms with Gasteiger partial charge in [0.15, 0.2) is 5.96 Å². The van der Waals surface area contributed by atoms with Gasteiger partial charge in [-0.25, -0.2) is 0 Å². The summed E-state index contributed by atoms with van der Waals surface area (Å²) in [5.41, 5.74) is 1.20. The largest absolute Gasteiger partial charge is 0.493 e. The highest BCUT2D eigenvalue weighted by Crippen LogP contribution is 2.31. The van der Waals surface area contributed by atoms with E-state index < -0.39 is 0 Å². The van der Waals surface area contributed by atoms with Crippen LogP contribution in [0.4, 0.5) is 0 Å². The molecular weight excluding hydrogens is 352 g/mol. The van der Waals surface area contributed by atoms with E-state index in [1.807, 2.05) is 19.2 Å². The van der Waals surface area contributed by atoms with Gasteiger partial charge in [-0.3, -0.25) is 4.99 Å². The molecule has 1 atom stereocenters. The van der Waals surface area contributed by atoms with Crippen LogP contribution in [0, 0.1) is 0 Å². The van der Waals surface area contributed by atoms with E-state index in [9.17, 15) is 0 Å². The van der Waals surface area contributed by atoms with Crippen molar-refractivity contribution in [2.24, 2.45) is 4.99 Å². The van der Waals surface area contributed by atoms with Gasteiger partial charge in [-0.05, 0) is 25.3 Å². The molecule has 2 aromatic rings. The molecule has 0 radical (unpaired) electrons. The van der Waals surface area contributed by atoms with Crippen LogP contribution in [-0.4, -0.2) is 40.9 Å². The summed E-state index contributed by atoms with van der Waals surface area (Å²) in [6, 6.07) is 8.44. The quantitative estimate of drug-likeness (QED) is 0.472. The summed E-state index contributed by atoms with van der Waals surface area (Å²) in [4.78, 5) is 4.39. The van der Waals surface area contributed by atoms with Gasteiger partial charge in [0.1, 0.15) is 17.4 Å². The maximum absolute atomic E-state index is 5.75. The van der Waals surface area contributed by atoms with E-state index in [-0.39, 0.29) is 6.04 Å². The zero-order valence-electron chi connectivity index (χ0n) is 16.7. The first kappa shape index (κ1) is 18.8. The predicted molar refractivity (Wildman–Crippen MR) is 110 cm³/mol. The molecule has 2 N–H and O–H groups in total. The smallest absolute Gasteiger partial charge is 0.191 e. The van der Waals surface area contributed by atoms with Crippen molar-refractivity contribution in [3.8, 4) is 5.75 Å². The molecule has 0 saturated carbocycles. The zero-order chi connectivity index (χ0) is 19.2. The normalized spacial score (nSPS) is 19.2. The Labute approximate surface area is 166 Å². The van der Waals surface area contributed by atoms with Crippen LogP contribution in [-0.2, 0) is 19.4 Å². The Kier molecular flexibility index (Phi) is 6.09. The number of benzene rings is 1. The van der Waals surface area contributed by atoms with Gasteiger partial charge in [-0.1, -0.05) is 24.6 Å². The average Bonchev–Trinajstić information content (AvgIpc) is 2.96. The molecule has 0 spiro atoms. The highest BCUT2D eigenvalue weighted by molar-refractivity contribution is 5.80. The maximum atomic E-state index is 5.75. The molecule has 1 unspecified atom stereocenters. The minimum atomic E-state index is 0.225. The van der Waals surface area contributed by atoms with Gasteiger partial charge < -0.3 is 19.9 Å². The van der Waals surface area contributed by atoms with Crippen LogP contribution in [0.15, 0.2) is 29.3 Å². The van der Waals surface area contributed by atoms with Crippen molar-refractivity contribution >= 4 is 5.96 Å². The molecular formula is C21H30N6O. The molecule has 1 aromatic carbocycles. The van der Waals surface area contributed by atoms with E-state index in [2.05, 4.69) is 42.5 Å². The van der Waals surface area contributed by atoms with Crippen LogP contribution in [0.5, 0.6) is 5.75 Å². The highest BCUT2D eigenvalue weighted by atomic mass is 16.5. The number of guanidine groups is 1. The van der Waals surface area contributed by atoms with Crippen molar-refractivity contribution < 1.29 is 4.74 Å². The molecule has 0 aliphatic carbocycles. The summed E-state index contributed by atoms with van der Waals surface area (Å²) in [6.45, 7) is 2.65. The Morgan fingerprint density at radius 2 is 2.18 bits per heavy atom. The molecule has 7 nitrogen and oxygen atoms in total. The van der Waals surface area contributed by atoms with Crippen LogP contribution in [0.3, 0.4) is 0 Å². The molecule has 2 aliphatic rings. The number of fused-ring (bicyclic) bond motifs is 2. The van der Waals surface area contributed by atoms with E-state index in [4.69, 9.17) is 4.74 Å². The summed E-state index contributed by atoms with van der Waals surface area (Å²) in [5, 5.41) is 15.8. The second-order valence-corrected chi connectivity index (χ2v) is 7.47. The molecule has 0 bridgehead atoms. The molecule has 28 heavy (non-hydrogen) atoms. The number of nitrogens with one attached hydrogen (secondary N) is 2. The monoisotopic (exact) mass is 382 g/mol. The van der Waals surface area contributed by atoms with Crippen LogP contribution in [0.25, 0.3) is 0 Å². The third-order valence-corrected chi connectivity index (χ3v) is 5.55. The van der Waals surface area contributed by atoms with E-state index in [1.54, 1.807) is 0 Å². The SMILES string of the molecule is CN=C(NCCCc1nnc2n1CCCCC2)NC1CCOc2ccccc21. The van der Waals surface area contributed by atoms with Gasteiger partial charge in [0.2, 0.25) is 0 Å². The standard InChI is InChI=1S/C21H30N6O/c1-22-21(24-17-12-15-28-18-9-5-4-8-16(17)18)23-13-7-11-20-26-25-19-10-3-2-6-14-27(19)20/h4-5,8-9,17H,2-3,6-7,10-15H2,1H3,(H2,22,23,24). The zero-order valence-corrected chi connectivity index (χ0v) is 16.7. The van der Waals surface area contributed by atoms with Crippen molar-refractivity contribution in [1.82, 2.24) is 25.4 Å². The first-order valence-corrected chi connectivity index (χ1v) is 10.4. The highest BCUT2D eigenvalue weighted by Gasteiger charge is 2.21. The van der Waals surface area contributed by atoms with Crippen LogP contribution < -0.4 is 15.4 Å². The van der Waals surface area contributed by atoms with Gasteiger partial charge in [0, 0.05) is 45.0 Å². The Bertz CT molecular complexity index is 815. The molecule has 3 heterocycles. The van der Waals surface area contributed by atoms with Gasteiger partial charge >= 0.3 is 0 Å². The van der Waals surface area contributed by atoms with E-state index in [0.717, 1.165) is 68.7 Å². The molecule has 0 amide bonds. The number of aryl methyl sites for hydroxylation is 2. The topological polar surface area (TPSA) is 76.4 Å². The first-order valence-electron chi connectivity index (χ1n) is 10.4. The number of para-hydroxylation sites is 1. The second kappa shape index (κ2) is 9.08.